The zero-order valence-electron chi connectivity index (χ0n) is 14.3. The third-order valence-corrected chi connectivity index (χ3v) is 4.93. The Morgan fingerprint density at radius 1 is 1.42 bits per heavy atom. The lowest BCUT2D eigenvalue weighted by Gasteiger charge is -2.30. The lowest BCUT2D eigenvalue weighted by molar-refractivity contribution is -0.133. The van der Waals surface area contributed by atoms with Gasteiger partial charge in [-0.25, -0.2) is 8.78 Å². The highest BCUT2D eigenvalue weighted by molar-refractivity contribution is 5.78. The van der Waals surface area contributed by atoms with Gasteiger partial charge in [0, 0.05) is 19.7 Å². The summed E-state index contributed by atoms with van der Waals surface area (Å²) in [6.07, 6.45) is 3.75. The fourth-order valence-electron chi connectivity index (χ4n) is 3.25. The number of nitrogens with zero attached hydrogens (tertiary/aromatic N) is 2. The van der Waals surface area contributed by atoms with Crippen LogP contribution in [0.15, 0.2) is 18.2 Å². The van der Waals surface area contributed by atoms with Gasteiger partial charge >= 0.3 is 0 Å². The summed E-state index contributed by atoms with van der Waals surface area (Å²) >= 11 is 0. The Morgan fingerprint density at radius 2 is 2.17 bits per heavy atom. The van der Waals surface area contributed by atoms with Crippen LogP contribution in [-0.4, -0.2) is 53.6 Å². The van der Waals surface area contributed by atoms with Gasteiger partial charge in [-0.05, 0) is 56.8 Å². The van der Waals surface area contributed by atoms with Gasteiger partial charge in [0.15, 0.2) is 11.6 Å². The molecule has 2 unspecified atom stereocenters. The summed E-state index contributed by atoms with van der Waals surface area (Å²) in [5.74, 6) is -1.82. The van der Waals surface area contributed by atoms with E-state index in [0.29, 0.717) is 18.2 Å². The van der Waals surface area contributed by atoms with E-state index in [9.17, 15) is 13.6 Å². The van der Waals surface area contributed by atoms with Crippen molar-refractivity contribution in [1.82, 2.24) is 9.80 Å². The molecule has 0 bridgehead atoms. The smallest absolute Gasteiger partial charge is 0.237 e. The minimum absolute atomic E-state index is 0.0388. The van der Waals surface area contributed by atoms with Gasteiger partial charge in [-0.3, -0.25) is 9.69 Å². The number of hydrogen-bond acceptors (Lipinski definition) is 3. The molecule has 24 heavy (non-hydrogen) atoms. The van der Waals surface area contributed by atoms with Crippen LogP contribution in [0.3, 0.4) is 0 Å². The van der Waals surface area contributed by atoms with E-state index in [2.05, 4.69) is 4.90 Å². The van der Waals surface area contributed by atoms with Crippen molar-refractivity contribution in [2.75, 3.05) is 26.7 Å². The lowest BCUT2D eigenvalue weighted by Crippen LogP contribution is -2.41. The molecule has 1 N–H and O–H groups in total. The Balaban J connectivity index is 1.96. The second-order valence-corrected chi connectivity index (χ2v) is 6.49. The molecule has 2 atom stereocenters. The van der Waals surface area contributed by atoms with Crippen molar-refractivity contribution >= 4 is 5.91 Å². The second-order valence-electron chi connectivity index (χ2n) is 6.49. The molecule has 0 aromatic heterocycles. The first kappa shape index (κ1) is 18.8. The van der Waals surface area contributed by atoms with Crippen LogP contribution < -0.4 is 0 Å². The maximum atomic E-state index is 13.4. The molecule has 1 saturated heterocycles. The molecule has 0 spiro atoms. The standard InChI is InChI=1S/C18H26F2N2O2/c1-13(14-7-8-16(19)17(20)11-14)21(2)18(24)12-22-9-3-5-15(22)6-4-10-23/h7-8,11,13,15,23H,3-6,9-10,12H2,1-2H3. The van der Waals surface area contributed by atoms with Gasteiger partial charge in [0.1, 0.15) is 0 Å². The molecular weight excluding hydrogens is 314 g/mol. The lowest BCUT2D eigenvalue weighted by atomic mass is 10.1. The van der Waals surface area contributed by atoms with E-state index < -0.39 is 11.6 Å². The maximum Gasteiger partial charge on any atom is 0.237 e. The predicted octanol–water partition coefficient (Wildman–Crippen LogP) is 2.72. The maximum absolute atomic E-state index is 13.4. The van der Waals surface area contributed by atoms with Crippen LogP contribution in [0.5, 0.6) is 0 Å². The van der Waals surface area contributed by atoms with E-state index in [0.717, 1.165) is 44.4 Å². The van der Waals surface area contributed by atoms with Crippen molar-refractivity contribution in [3.63, 3.8) is 0 Å². The highest BCUT2D eigenvalue weighted by Crippen LogP contribution is 2.24. The monoisotopic (exact) mass is 340 g/mol. The normalized spacial score (nSPS) is 19.5. The molecule has 0 radical (unpaired) electrons. The molecular formula is C18H26F2N2O2. The Morgan fingerprint density at radius 3 is 2.83 bits per heavy atom. The van der Waals surface area contributed by atoms with Crippen molar-refractivity contribution in [2.45, 2.75) is 44.7 Å². The van der Waals surface area contributed by atoms with E-state index in [4.69, 9.17) is 5.11 Å². The highest BCUT2D eigenvalue weighted by Gasteiger charge is 2.28. The van der Waals surface area contributed by atoms with Gasteiger partial charge in [0.2, 0.25) is 5.91 Å². The van der Waals surface area contributed by atoms with Crippen molar-refractivity contribution in [2.24, 2.45) is 0 Å². The van der Waals surface area contributed by atoms with E-state index in [1.807, 2.05) is 0 Å². The molecule has 1 aliphatic rings. The minimum atomic E-state index is -0.899. The summed E-state index contributed by atoms with van der Waals surface area (Å²) in [6, 6.07) is 3.75. The highest BCUT2D eigenvalue weighted by atomic mass is 19.2. The fraction of sp³-hybridized carbons (Fsp3) is 0.611. The fourth-order valence-corrected chi connectivity index (χ4v) is 3.25. The average Bonchev–Trinajstić information content (AvgIpc) is 3.01. The summed E-state index contributed by atoms with van der Waals surface area (Å²) in [5, 5.41) is 8.97. The predicted molar refractivity (Wildman–Crippen MR) is 88.5 cm³/mol. The third kappa shape index (κ3) is 4.51. The van der Waals surface area contributed by atoms with Gasteiger partial charge < -0.3 is 10.0 Å². The van der Waals surface area contributed by atoms with Crippen LogP contribution in [0.25, 0.3) is 0 Å². The quantitative estimate of drug-likeness (QED) is 0.830. The molecule has 1 aromatic rings. The van der Waals surface area contributed by atoms with E-state index in [1.165, 1.54) is 6.07 Å². The average molecular weight is 340 g/mol. The summed E-state index contributed by atoms with van der Waals surface area (Å²) in [7, 11) is 1.69. The van der Waals surface area contributed by atoms with Gasteiger partial charge in [-0.15, -0.1) is 0 Å². The number of carbonyl (C=O) groups excluding carboxylic acids is 1. The summed E-state index contributed by atoms with van der Waals surface area (Å²) in [5.41, 5.74) is 0.572. The van der Waals surface area contributed by atoms with Crippen molar-refractivity contribution < 1.29 is 18.7 Å². The van der Waals surface area contributed by atoms with Crippen molar-refractivity contribution in [1.29, 1.82) is 0 Å². The van der Waals surface area contributed by atoms with Gasteiger partial charge in [0.25, 0.3) is 0 Å². The number of hydrogen-bond donors (Lipinski definition) is 1. The number of likely N-dealkylation sites (N-methyl/N-ethyl adjacent to an activating group) is 1. The number of rotatable bonds is 7. The second kappa shape index (κ2) is 8.53. The molecule has 1 amide bonds. The van der Waals surface area contributed by atoms with E-state index >= 15 is 0 Å². The molecule has 1 fully saturated rings. The summed E-state index contributed by atoms with van der Waals surface area (Å²) < 4.78 is 26.5. The largest absolute Gasteiger partial charge is 0.396 e. The number of benzene rings is 1. The number of halogens is 2. The van der Waals surface area contributed by atoms with Crippen molar-refractivity contribution in [3.05, 3.63) is 35.4 Å². The number of amides is 1. The number of carbonyl (C=O) groups is 1. The van der Waals surface area contributed by atoms with Crippen LogP contribution in [0.4, 0.5) is 8.78 Å². The Bertz CT molecular complexity index is 568. The van der Waals surface area contributed by atoms with Crippen LogP contribution >= 0.6 is 0 Å². The number of aliphatic hydroxyl groups is 1. The number of likely N-dealkylation sites (tertiary alicyclic amines) is 1. The van der Waals surface area contributed by atoms with Gasteiger partial charge in [-0.1, -0.05) is 6.07 Å². The Kier molecular flexibility index (Phi) is 6.69. The first-order chi connectivity index (χ1) is 11.4. The molecule has 2 rings (SSSR count). The third-order valence-electron chi connectivity index (χ3n) is 4.93. The number of aliphatic hydroxyl groups excluding tert-OH is 1. The topological polar surface area (TPSA) is 43.8 Å². The van der Waals surface area contributed by atoms with Crippen molar-refractivity contribution in [3.8, 4) is 0 Å². The minimum Gasteiger partial charge on any atom is -0.396 e. The Labute approximate surface area is 142 Å². The zero-order valence-corrected chi connectivity index (χ0v) is 14.3. The summed E-state index contributed by atoms with van der Waals surface area (Å²) in [6.45, 7) is 3.18. The first-order valence-electron chi connectivity index (χ1n) is 8.49. The first-order valence-corrected chi connectivity index (χ1v) is 8.49. The molecule has 6 heteroatoms. The molecule has 1 heterocycles. The van der Waals surface area contributed by atoms with Crippen LogP contribution in [0.1, 0.15) is 44.2 Å². The van der Waals surface area contributed by atoms with Crippen LogP contribution in [0.2, 0.25) is 0 Å². The van der Waals surface area contributed by atoms with Gasteiger partial charge in [-0.2, -0.15) is 0 Å². The molecule has 1 aromatic carbocycles. The van der Waals surface area contributed by atoms with Gasteiger partial charge in [0.05, 0.1) is 12.6 Å². The Hall–Kier alpha value is -1.53. The zero-order chi connectivity index (χ0) is 17.7. The SMILES string of the molecule is CC(c1ccc(F)c(F)c1)N(C)C(=O)CN1CCCC1CCCO. The van der Waals surface area contributed by atoms with E-state index in [-0.39, 0.29) is 18.6 Å². The molecule has 0 saturated carbocycles. The molecule has 0 aliphatic carbocycles. The molecule has 4 nitrogen and oxygen atoms in total. The van der Waals surface area contributed by atoms with Crippen LogP contribution in [0, 0.1) is 11.6 Å². The van der Waals surface area contributed by atoms with Crippen LogP contribution in [-0.2, 0) is 4.79 Å². The summed E-state index contributed by atoms with van der Waals surface area (Å²) in [4.78, 5) is 16.3. The molecule has 134 valence electrons. The van der Waals surface area contributed by atoms with E-state index in [1.54, 1.807) is 18.9 Å². The molecule has 1 aliphatic heterocycles.